The van der Waals surface area contributed by atoms with Crippen LogP contribution < -0.4 is 11.1 Å². The molecule has 1 aromatic heterocycles. The molecular weight excluding hydrogens is 260 g/mol. The first-order chi connectivity index (χ1) is 8.83. The van der Waals surface area contributed by atoms with Gasteiger partial charge in [0.1, 0.15) is 0 Å². The Balaban J connectivity index is 2.18. The van der Waals surface area contributed by atoms with Gasteiger partial charge in [0, 0.05) is 11.4 Å². The van der Waals surface area contributed by atoms with Crippen molar-refractivity contribution in [2.45, 2.75) is 33.6 Å². The average molecular weight is 278 g/mol. The van der Waals surface area contributed by atoms with Gasteiger partial charge in [0.15, 0.2) is 0 Å². The number of thiocarbonyl (C=S) groups is 1. The smallest absolute Gasteiger partial charge is 0.239 e. The molecule has 3 N–H and O–H groups in total. The average Bonchev–Trinajstić information content (AvgIpc) is 2.22. The fraction of sp³-hybridized carbons (Fsp3) is 0.538. The summed E-state index contributed by atoms with van der Waals surface area (Å²) in [5, 5.41) is 2.74. The van der Waals surface area contributed by atoms with Crippen LogP contribution in [0.3, 0.4) is 0 Å². The van der Waals surface area contributed by atoms with Crippen molar-refractivity contribution >= 4 is 29.1 Å². The van der Waals surface area contributed by atoms with Crippen LogP contribution in [0.4, 0.5) is 5.95 Å². The summed E-state index contributed by atoms with van der Waals surface area (Å²) in [6, 6.07) is 1.85. The van der Waals surface area contributed by atoms with Gasteiger partial charge in [-0.3, -0.25) is 10.1 Å². The van der Waals surface area contributed by atoms with Gasteiger partial charge >= 0.3 is 0 Å². The molecule has 0 spiro atoms. The third-order valence-corrected chi connectivity index (χ3v) is 3.90. The summed E-state index contributed by atoms with van der Waals surface area (Å²) in [5.41, 5.74) is 6.64. The molecule has 1 fully saturated rings. The Labute approximate surface area is 118 Å². The monoisotopic (exact) mass is 278 g/mol. The quantitative estimate of drug-likeness (QED) is 0.823. The summed E-state index contributed by atoms with van der Waals surface area (Å²) < 4.78 is 0. The number of hydrogen-bond donors (Lipinski definition) is 2. The van der Waals surface area contributed by atoms with Crippen LogP contribution in [0.1, 0.15) is 31.2 Å². The van der Waals surface area contributed by atoms with Gasteiger partial charge in [-0.1, -0.05) is 19.1 Å². The maximum atomic E-state index is 12.4. The molecule has 1 heterocycles. The predicted octanol–water partition coefficient (Wildman–Crippen LogP) is 1.73. The van der Waals surface area contributed by atoms with Crippen molar-refractivity contribution in [1.82, 2.24) is 9.97 Å². The topological polar surface area (TPSA) is 80.9 Å². The molecule has 0 aromatic carbocycles. The number of amides is 1. The molecule has 0 saturated heterocycles. The lowest BCUT2D eigenvalue weighted by atomic mass is 9.62. The summed E-state index contributed by atoms with van der Waals surface area (Å²) >= 11 is 5.05. The highest BCUT2D eigenvalue weighted by molar-refractivity contribution is 7.80. The van der Waals surface area contributed by atoms with Crippen molar-refractivity contribution in [2.75, 3.05) is 5.32 Å². The zero-order valence-corrected chi connectivity index (χ0v) is 12.2. The maximum absolute atomic E-state index is 12.4. The molecular formula is C13H18N4OS. The highest BCUT2D eigenvalue weighted by atomic mass is 32.1. The molecule has 102 valence electrons. The van der Waals surface area contributed by atoms with Gasteiger partial charge < -0.3 is 5.73 Å². The number of carbonyl (C=O) groups excluding carboxylic acids is 1. The summed E-state index contributed by atoms with van der Waals surface area (Å²) in [6.45, 7) is 5.80. The van der Waals surface area contributed by atoms with Gasteiger partial charge in [-0.25, -0.2) is 9.97 Å². The zero-order valence-electron chi connectivity index (χ0n) is 11.4. The molecule has 1 amide bonds. The summed E-state index contributed by atoms with van der Waals surface area (Å²) in [7, 11) is 0. The minimum absolute atomic E-state index is 0.192. The first kappa shape index (κ1) is 13.9. The lowest BCUT2D eigenvalue weighted by molar-refractivity contribution is -0.127. The molecule has 1 aliphatic carbocycles. The highest BCUT2D eigenvalue weighted by Gasteiger charge is 2.51. The predicted molar refractivity (Wildman–Crippen MR) is 77.8 cm³/mol. The molecule has 2 rings (SSSR count). The number of rotatable bonds is 3. The van der Waals surface area contributed by atoms with E-state index in [2.05, 4.69) is 22.2 Å². The van der Waals surface area contributed by atoms with Crippen molar-refractivity contribution in [2.24, 2.45) is 17.1 Å². The molecule has 0 unspecified atom stereocenters. The van der Waals surface area contributed by atoms with E-state index >= 15 is 0 Å². The van der Waals surface area contributed by atoms with E-state index < -0.39 is 5.41 Å². The largest absolute Gasteiger partial charge is 0.392 e. The second-order valence-electron chi connectivity index (χ2n) is 5.39. The van der Waals surface area contributed by atoms with E-state index in [0.29, 0.717) is 24.7 Å². The lowest BCUT2D eigenvalue weighted by Gasteiger charge is -2.43. The summed E-state index contributed by atoms with van der Waals surface area (Å²) in [6.07, 6.45) is 1.39. The number of nitrogens with zero attached hydrogens (tertiary/aromatic N) is 2. The fourth-order valence-electron chi connectivity index (χ4n) is 2.63. The molecule has 1 saturated carbocycles. The second kappa shape index (κ2) is 4.85. The van der Waals surface area contributed by atoms with Crippen LogP contribution in [0.5, 0.6) is 0 Å². The molecule has 1 aliphatic rings. The molecule has 5 nitrogen and oxygen atoms in total. The van der Waals surface area contributed by atoms with E-state index in [9.17, 15) is 4.79 Å². The second-order valence-corrected chi connectivity index (χ2v) is 5.83. The Bertz CT molecular complexity index is 517. The standard InChI is InChI=1S/C13H18N4OS/c1-7-5-13(6-7,10(14)19)11(18)17-12-15-8(2)4-9(3)16-12/h4,7H,5-6H2,1-3H3,(H2,14,19)(H,15,16,17,18). The van der Waals surface area contributed by atoms with Crippen molar-refractivity contribution in [3.8, 4) is 0 Å². The van der Waals surface area contributed by atoms with E-state index in [4.69, 9.17) is 18.0 Å². The van der Waals surface area contributed by atoms with Crippen LogP contribution in [0.25, 0.3) is 0 Å². The normalized spacial score (nSPS) is 25.5. The van der Waals surface area contributed by atoms with Crippen LogP contribution in [-0.4, -0.2) is 20.9 Å². The van der Waals surface area contributed by atoms with Gasteiger partial charge in [0.05, 0.1) is 10.4 Å². The molecule has 19 heavy (non-hydrogen) atoms. The van der Waals surface area contributed by atoms with E-state index in [1.807, 2.05) is 19.9 Å². The van der Waals surface area contributed by atoms with E-state index in [0.717, 1.165) is 11.4 Å². The summed E-state index contributed by atoms with van der Waals surface area (Å²) in [5.74, 6) is 0.591. The number of nitrogens with two attached hydrogens (primary N) is 1. The van der Waals surface area contributed by atoms with Crippen LogP contribution in [0.15, 0.2) is 6.07 Å². The Kier molecular flexibility index (Phi) is 3.54. The van der Waals surface area contributed by atoms with Crippen LogP contribution >= 0.6 is 12.2 Å². The van der Waals surface area contributed by atoms with Gasteiger partial charge in [-0.05, 0) is 38.7 Å². The van der Waals surface area contributed by atoms with Crippen molar-refractivity contribution < 1.29 is 4.79 Å². The van der Waals surface area contributed by atoms with Crippen molar-refractivity contribution in [1.29, 1.82) is 0 Å². The third kappa shape index (κ3) is 2.58. The first-order valence-corrected chi connectivity index (χ1v) is 6.68. The Morgan fingerprint density at radius 2 is 1.95 bits per heavy atom. The summed E-state index contributed by atoms with van der Waals surface area (Å²) in [4.78, 5) is 21.0. The molecule has 0 bridgehead atoms. The Hall–Kier alpha value is -1.56. The van der Waals surface area contributed by atoms with Gasteiger partial charge in [0.2, 0.25) is 11.9 Å². The number of aryl methyl sites for hydroxylation is 2. The molecule has 0 radical (unpaired) electrons. The van der Waals surface area contributed by atoms with E-state index in [1.165, 1.54) is 0 Å². The molecule has 6 heteroatoms. The minimum Gasteiger partial charge on any atom is -0.392 e. The van der Waals surface area contributed by atoms with Gasteiger partial charge in [-0.2, -0.15) is 0 Å². The van der Waals surface area contributed by atoms with E-state index in [1.54, 1.807) is 0 Å². The minimum atomic E-state index is -0.726. The van der Waals surface area contributed by atoms with Crippen LogP contribution in [0, 0.1) is 25.2 Å². The number of aromatic nitrogens is 2. The van der Waals surface area contributed by atoms with Crippen LogP contribution in [0.2, 0.25) is 0 Å². The maximum Gasteiger partial charge on any atom is 0.239 e. The number of carbonyl (C=O) groups is 1. The number of anilines is 1. The number of nitrogens with one attached hydrogen (secondary N) is 1. The molecule has 0 atom stereocenters. The Morgan fingerprint density at radius 3 is 2.37 bits per heavy atom. The first-order valence-electron chi connectivity index (χ1n) is 6.27. The third-order valence-electron chi connectivity index (χ3n) is 3.51. The van der Waals surface area contributed by atoms with Gasteiger partial charge in [0.25, 0.3) is 0 Å². The number of hydrogen-bond acceptors (Lipinski definition) is 4. The van der Waals surface area contributed by atoms with Crippen molar-refractivity contribution in [3.63, 3.8) is 0 Å². The fourth-order valence-corrected chi connectivity index (χ4v) is 2.89. The zero-order chi connectivity index (χ0) is 14.2. The highest BCUT2D eigenvalue weighted by Crippen LogP contribution is 2.46. The van der Waals surface area contributed by atoms with Crippen molar-refractivity contribution in [3.05, 3.63) is 17.5 Å². The van der Waals surface area contributed by atoms with E-state index in [-0.39, 0.29) is 10.9 Å². The van der Waals surface area contributed by atoms with Crippen LogP contribution in [-0.2, 0) is 4.79 Å². The Morgan fingerprint density at radius 1 is 1.42 bits per heavy atom. The molecule has 1 aromatic rings. The lowest BCUT2D eigenvalue weighted by Crippen LogP contribution is -2.54. The molecule has 0 aliphatic heterocycles. The SMILES string of the molecule is Cc1cc(C)nc(NC(=O)C2(C(N)=S)CC(C)C2)n1. The van der Waals surface area contributed by atoms with Gasteiger partial charge in [-0.15, -0.1) is 0 Å².